The average molecular weight is 305 g/mol. The highest BCUT2D eigenvalue weighted by atomic mass is 16.6. The molecule has 0 radical (unpaired) electrons. The van der Waals surface area contributed by atoms with Crippen LogP contribution in [-0.4, -0.2) is 44.9 Å². The molecule has 0 unspecified atom stereocenters. The first-order valence-corrected chi connectivity index (χ1v) is 6.70. The number of carbonyl (C=O) groups excluding carboxylic acids is 1. The van der Waals surface area contributed by atoms with Crippen molar-refractivity contribution in [2.45, 2.75) is 13.3 Å². The molecule has 0 aliphatic heterocycles. The van der Waals surface area contributed by atoms with Gasteiger partial charge in [-0.05, 0) is 12.5 Å². The minimum atomic E-state index is -1.10. The third-order valence-corrected chi connectivity index (χ3v) is 3.21. The number of aromatic amines is 1. The third-order valence-electron chi connectivity index (χ3n) is 3.21. The number of nitro benzene ring substituents is 1. The number of amides is 1. The van der Waals surface area contributed by atoms with E-state index in [0.717, 1.165) is 0 Å². The van der Waals surface area contributed by atoms with E-state index >= 15 is 0 Å². The average Bonchev–Trinajstić information content (AvgIpc) is 2.88. The quantitative estimate of drug-likeness (QED) is 0.625. The molecule has 1 amide bonds. The molecule has 1 aromatic heterocycles. The Balaban J connectivity index is 2.43. The Morgan fingerprint density at radius 1 is 1.41 bits per heavy atom. The zero-order chi connectivity index (χ0) is 16.3. The van der Waals surface area contributed by atoms with Gasteiger partial charge in [-0.1, -0.05) is 6.92 Å². The van der Waals surface area contributed by atoms with Crippen molar-refractivity contribution >= 4 is 28.5 Å². The number of carbonyl (C=O) groups is 2. The Hall–Kier alpha value is -2.90. The molecule has 8 nitrogen and oxygen atoms in total. The van der Waals surface area contributed by atoms with Crippen molar-refractivity contribution in [2.24, 2.45) is 0 Å². The van der Waals surface area contributed by atoms with Gasteiger partial charge in [0.05, 0.1) is 10.5 Å². The number of non-ortho nitro benzene ring substituents is 1. The summed E-state index contributed by atoms with van der Waals surface area (Å²) in [5.41, 5.74) is 0.690. The second-order valence-corrected chi connectivity index (χ2v) is 4.81. The smallest absolute Gasteiger partial charge is 0.323 e. The molecule has 0 aliphatic carbocycles. The van der Waals surface area contributed by atoms with E-state index in [0.29, 0.717) is 23.9 Å². The van der Waals surface area contributed by atoms with Gasteiger partial charge in [-0.25, -0.2) is 0 Å². The van der Waals surface area contributed by atoms with Crippen molar-refractivity contribution in [3.63, 3.8) is 0 Å². The van der Waals surface area contributed by atoms with Crippen LogP contribution in [0.2, 0.25) is 0 Å². The van der Waals surface area contributed by atoms with Crippen LogP contribution in [0.1, 0.15) is 23.7 Å². The van der Waals surface area contributed by atoms with Crippen LogP contribution in [0, 0.1) is 10.1 Å². The van der Waals surface area contributed by atoms with Crippen molar-refractivity contribution in [3.05, 3.63) is 40.1 Å². The van der Waals surface area contributed by atoms with Crippen LogP contribution in [-0.2, 0) is 4.79 Å². The monoisotopic (exact) mass is 305 g/mol. The molecule has 0 saturated heterocycles. The third kappa shape index (κ3) is 3.05. The number of H-pyrrole nitrogens is 1. The summed E-state index contributed by atoms with van der Waals surface area (Å²) < 4.78 is 0. The predicted octanol–water partition coefficient (Wildman–Crippen LogP) is 2.01. The SMILES string of the molecule is CCCN(CC(=O)O)C(=O)c1c[nH]c2ccc([N+](=O)[O-])cc12. The van der Waals surface area contributed by atoms with Gasteiger partial charge in [-0.2, -0.15) is 0 Å². The molecule has 1 heterocycles. The fraction of sp³-hybridized carbons (Fsp3) is 0.286. The summed E-state index contributed by atoms with van der Waals surface area (Å²) in [4.78, 5) is 37.8. The Morgan fingerprint density at radius 3 is 2.73 bits per heavy atom. The van der Waals surface area contributed by atoms with E-state index in [2.05, 4.69) is 4.98 Å². The summed E-state index contributed by atoms with van der Waals surface area (Å²) in [6.07, 6.45) is 2.06. The summed E-state index contributed by atoms with van der Waals surface area (Å²) in [5.74, 6) is -1.57. The number of carboxylic acid groups (broad SMARTS) is 1. The number of aromatic nitrogens is 1. The van der Waals surface area contributed by atoms with E-state index in [1.165, 1.54) is 29.3 Å². The standard InChI is InChI=1S/C14H15N3O5/c1-2-5-16(8-13(18)19)14(20)11-7-15-12-4-3-9(17(21)22)6-10(11)12/h3-4,6-7,15H,2,5,8H2,1H3,(H,18,19). The van der Waals surface area contributed by atoms with Gasteiger partial charge in [-0.15, -0.1) is 0 Å². The second kappa shape index (κ2) is 6.25. The highest BCUT2D eigenvalue weighted by molar-refractivity contribution is 6.07. The Labute approximate surface area is 125 Å². The zero-order valence-corrected chi connectivity index (χ0v) is 11.9. The number of aliphatic carboxylic acids is 1. The lowest BCUT2D eigenvalue weighted by Gasteiger charge is -2.19. The van der Waals surface area contributed by atoms with E-state index in [4.69, 9.17) is 5.11 Å². The molecule has 0 fully saturated rings. The van der Waals surface area contributed by atoms with Crippen LogP contribution < -0.4 is 0 Å². The molecule has 2 rings (SSSR count). The molecule has 116 valence electrons. The lowest BCUT2D eigenvalue weighted by Crippen LogP contribution is -2.36. The minimum absolute atomic E-state index is 0.124. The molecular formula is C14H15N3O5. The first-order valence-electron chi connectivity index (χ1n) is 6.70. The fourth-order valence-corrected chi connectivity index (χ4v) is 2.26. The summed E-state index contributed by atoms with van der Waals surface area (Å²) in [6, 6.07) is 4.17. The van der Waals surface area contributed by atoms with Gasteiger partial charge < -0.3 is 15.0 Å². The molecule has 22 heavy (non-hydrogen) atoms. The topological polar surface area (TPSA) is 117 Å². The van der Waals surface area contributed by atoms with Crippen LogP contribution in [0.3, 0.4) is 0 Å². The zero-order valence-electron chi connectivity index (χ0n) is 11.9. The maximum Gasteiger partial charge on any atom is 0.323 e. The normalized spacial score (nSPS) is 10.6. The van der Waals surface area contributed by atoms with E-state index in [9.17, 15) is 19.7 Å². The Bertz CT molecular complexity index is 737. The molecule has 0 atom stereocenters. The maximum absolute atomic E-state index is 12.5. The molecule has 2 aromatic rings. The number of nitrogens with one attached hydrogen (secondary N) is 1. The van der Waals surface area contributed by atoms with Crippen LogP contribution >= 0.6 is 0 Å². The van der Waals surface area contributed by atoms with Crippen molar-refractivity contribution in [3.8, 4) is 0 Å². The molecule has 0 spiro atoms. The number of rotatable bonds is 6. The highest BCUT2D eigenvalue weighted by Crippen LogP contribution is 2.24. The molecule has 0 bridgehead atoms. The van der Waals surface area contributed by atoms with Crippen LogP contribution in [0.15, 0.2) is 24.4 Å². The Kier molecular flexibility index (Phi) is 4.40. The first kappa shape index (κ1) is 15.5. The molecular weight excluding hydrogens is 290 g/mol. The number of hydrogen-bond donors (Lipinski definition) is 2. The van der Waals surface area contributed by atoms with Crippen molar-refractivity contribution in [1.29, 1.82) is 0 Å². The van der Waals surface area contributed by atoms with E-state index in [1.54, 1.807) is 0 Å². The summed E-state index contributed by atoms with van der Waals surface area (Å²) >= 11 is 0. The molecule has 1 aromatic carbocycles. The first-order chi connectivity index (χ1) is 10.4. The van der Waals surface area contributed by atoms with Crippen LogP contribution in [0.25, 0.3) is 10.9 Å². The van der Waals surface area contributed by atoms with Gasteiger partial charge >= 0.3 is 5.97 Å². The molecule has 0 saturated carbocycles. The minimum Gasteiger partial charge on any atom is -0.480 e. The van der Waals surface area contributed by atoms with Crippen LogP contribution in [0.5, 0.6) is 0 Å². The Morgan fingerprint density at radius 2 is 2.14 bits per heavy atom. The number of hydrogen-bond acceptors (Lipinski definition) is 4. The highest BCUT2D eigenvalue weighted by Gasteiger charge is 2.22. The van der Waals surface area contributed by atoms with Crippen molar-refractivity contribution in [2.75, 3.05) is 13.1 Å². The maximum atomic E-state index is 12.5. The fourth-order valence-electron chi connectivity index (χ4n) is 2.26. The largest absolute Gasteiger partial charge is 0.480 e. The van der Waals surface area contributed by atoms with Gasteiger partial charge in [-0.3, -0.25) is 19.7 Å². The van der Waals surface area contributed by atoms with Gasteiger partial charge in [0.2, 0.25) is 0 Å². The van der Waals surface area contributed by atoms with E-state index in [1.807, 2.05) is 6.92 Å². The van der Waals surface area contributed by atoms with E-state index < -0.39 is 23.3 Å². The van der Waals surface area contributed by atoms with Gasteiger partial charge in [0.25, 0.3) is 11.6 Å². The summed E-state index contributed by atoms with van der Waals surface area (Å²) in [5, 5.41) is 20.2. The number of nitro groups is 1. The van der Waals surface area contributed by atoms with Crippen molar-refractivity contribution < 1.29 is 19.6 Å². The lowest BCUT2D eigenvalue weighted by atomic mass is 10.1. The number of fused-ring (bicyclic) bond motifs is 1. The van der Waals surface area contributed by atoms with E-state index in [-0.39, 0.29) is 11.3 Å². The second-order valence-electron chi connectivity index (χ2n) is 4.81. The van der Waals surface area contributed by atoms with Gasteiger partial charge in [0.1, 0.15) is 6.54 Å². The van der Waals surface area contributed by atoms with Gasteiger partial charge in [0, 0.05) is 35.8 Å². The molecule has 0 aliphatic rings. The van der Waals surface area contributed by atoms with Crippen molar-refractivity contribution in [1.82, 2.24) is 9.88 Å². The lowest BCUT2D eigenvalue weighted by molar-refractivity contribution is -0.384. The number of carboxylic acids is 1. The molecule has 2 N–H and O–H groups in total. The van der Waals surface area contributed by atoms with Gasteiger partial charge in [0.15, 0.2) is 0 Å². The predicted molar refractivity (Wildman–Crippen MR) is 78.8 cm³/mol. The van der Waals surface area contributed by atoms with Crippen LogP contribution in [0.4, 0.5) is 5.69 Å². The number of nitrogens with zero attached hydrogens (tertiary/aromatic N) is 2. The summed E-state index contributed by atoms with van der Waals surface area (Å²) in [6.45, 7) is 1.73. The molecule has 8 heteroatoms. The summed E-state index contributed by atoms with van der Waals surface area (Å²) in [7, 11) is 0. The number of benzene rings is 1.